The predicted molar refractivity (Wildman–Crippen MR) is 70.5 cm³/mol. The Morgan fingerprint density at radius 2 is 1.82 bits per heavy atom. The van der Waals surface area contributed by atoms with Crippen LogP contribution in [-0.2, 0) is 5.54 Å². The second kappa shape index (κ2) is 3.80. The van der Waals surface area contributed by atoms with Gasteiger partial charge in [-0.1, -0.05) is 13.8 Å². The highest BCUT2D eigenvalue weighted by molar-refractivity contribution is 7.14. The Labute approximate surface area is 107 Å². The molecule has 0 aliphatic carbocycles. The van der Waals surface area contributed by atoms with E-state index in [-0.39, 0.29) is 17.5 Å². The maximum Gasteiger partial charge on any atom is 0.266 e. The van der Waals surface area contributed by atoms with Gasteiger partial charge in [0.15, 0.2) is 0 Å². The molecular weight excluding hydrogens is 232 g/mol. The number of aromatic nitrogens is 1. The molecule has 2 heterocycles. The first kappa shape index (κ1) is 12.6. The number of nitrogens with zero attached hydrogens (tertiary/aromatic N) is 2. The third kappa shape index (κ3) is 1.69. The molecule has 0 aromatic carbocycles. The van der Waals surface area contributed by atoms with Gasteiger partial charge < -0.3 is 4.90 Å². The molecule has 1 aromatic heterocycles. The Kier molecular flexibility index (Phi) is 2.81. The first-order chi connectivity index (χ1) is 7.76. The maximum atomic E-state index is 12.4. The van der Waals surface area contributed by atoms with Crippen LogP contribution in [0.2, 0.25) is 0 Å². The Morgan fingerprint density at radius 1 is 1.24 bits per heavy atom. The fraction of sp³-hybridized carbons (Fsp3) is 0.692. The van der Waals surface area contributed by atoms with E-state index in [1.54, 1.807) is 11.3 Å². The van der Waals surface area contributed by atoms with Crippen molar-refractivity contribution in [1.82, 2.24) is 9.88 Å². The number of carbonyl (C=O) groups is 1. The van der Waals surface area contributed by atoms with Crippen molar-refractivity contribution in [1.29, 1.82) is 0 Å². The standard InChI is InChI=1S/C13H20N2OS/c1-7(2)11-14-10-9(17-11)12(16)15(8(3)4)13(10,5)6/h7-8H,1-6H3. The van der Waals surface area contributed by atoms with Crippen LogP contribution in [0.5, 0.6) is 0 Å². The summed E-state index contributed by atoms with van der Waals surface area (Å²) in [7, 11) is 0. The van der Waals surface area contributed by atoms with Crippen molar-refractivity contribution < 1.29 is 4.79 Å². The van der Waals surface area contributed by atoms with Gasteiger partial charge in [0.25, 0.3) is 5.91 Å². The molecule has 17 heavy (non-hydrogen) atoms. The van der Waals surface area contributed by atoms with Crippen LogP contribution in [0.1, 0.15) is 67.8 Å². The monoisotopic (exact) mass is 252 g/mol. The van der Waals surface area contributed by atoms with E-state index in [0.29, 0.717) is 5.92 Å². The molecule has 0 saturated carbocycles. The van der Waals surface area contributed by atoms with Crippen molar-refractivity contribution >= 4 is 17.2 Å². The minimum absolute atomic E-state index is 0.143. The van der Waals surface area contributed by atoms with E-state index in [1.165, 1.54) is 0 Å². The molecule has 0 fully saturated rings. The summed E-state index contributed by atoms with van der Waals surface area (Å²) in [5.41, 5.74) is 0.689. The van der Waals surface area contributed by atoms with Gasteiger partial charge in [0, 0.05) is 12.0 Å². The molecule has 1 amide bonds. The normalized spacial score (nSPS) is 18.4. The number of thiazole rings is 1. The first-order valence-corrected chi connectivity index (χ1v) is 6.93. The van der Waals surface area contributed by atoms with Crippen LogP contribution in [0.3, 0.4) is 0 Å². The Bertz CT molecular complexity index is 460. The summed E-state index contributed by atoms with van der Waals surface area (Å²) in [6.07, 6.45) is 0. The summed E-state index contributed by atoms with van der Waals surface area (Å²) in [6.45, 7) is 12.5. The average molecular weight is 252 g/mol. The topological polar surface area (TPSA) is 33.2 Å². The smallest absolute Gasteiger partial charge is 0.266 e. The van der Waals surface area contributed by atoms with Crippen LogP contribution < -0.4 is 0 Å². The van der Waals surface area contributed by atoms with Crippen LogP contribution >= 0.6 is 11.3 Å². The van der Waals surface area contributed by atoms with Gasteiger partial charge in [0.1, 0.15) is 4.88 Å². The lowest BCUT2D eigenvalue weighted by Crippen LogP contribution is -2.44. The van der Waals surface area contributed by atoms with E-state index >= 15 is 0 Å². The van der Waals surface area contributed by atoms with E-state index in [9.17, 15) is 4.79 Å². The van der Waals surface area contributed by atoms with Crippen LogP contribution in [0.4, 0.5) is 0 Å². The van der Waals surface area contributed by atoms with Gasteiger partial charge in [-0.3, -0.25) is 4.79 Å². The summed E-state index contributed by atoms with van der Waals surface area (Å²) in [5.74, 6) is 0.533. The number of hydrogen-bond donors (Lipinski definition) is 0. The molecule has 1 aliphatic rings. The molecule has 3 nitrogen and oxygen atoms in total. The van der Waals surface area contributed by atoms with Crippen molar-refractivity contribution in [3.8, 4) is 0 Å². The zero-order valence-corrected chi connectivity index (χ0v) is 12.2. The summed E-state index contributed by atoms with van der Waals surface area (Å²) in [4.78, 5) is 19.8. The molecule has 1 aromatic rings. The van der Waals surface area contributed by atoms with Gasteiger partial charge in [0.05, 0.1) is 16.2 Å². The van der Waals surface area contributed by atoms with Gasteiger partial charge in [-0.25, -0.2) is 4.98 Å². The van der Waals surface area contributed by atoms with Gasteiger partial charge in [-0.05, 0) is 27.7 Å². The highest BCUT2D eigenvalue weighted by Gasteiger charge is 2.47. The van der Waals surface area contributed by atoms with Gasteiger partial charge in [-0.2, -0.15) is 0 Å². The van der Waals surface area contributed by atoms with Crippen LogP contribution in [0.25, 0.3) is 0 Å². The molecule has 2 rings (SSSR count). The molecule has 0 bridgehead atoms. The first-order valence-electron chi connectivity index (χ1n) is 6.11. The van der Waals surface area contributed by atoms with Crippen molar-refractivity contribution in [2.24, 2.45) is 0 Å². The molecule has 0 saturated heterocycles. The SMILES string of the molecule is CC(C)c1nc2c(s1)C(=O)N(C(C)C)C2(C)C. The lowest BCUT2D eigenvalue weighted by Gasteiger charge is -2.35. The molecule has 94 valence electrons. The predicted octanol–water partition coefficient (Wildman–Crippen LogP) is 3.37. The van der Waals surface area contributed by atoms with Gasteiger partial charge >= 0.3 is 0 Å². The van der Waals surface area contributed by atoms with Crippen LogP contribution in [0, 0.1) is 0 Å². The number of hydrogen-bond acceptors (Lipinski definition) is 3. The molecule has 4 heteroatoms. The molecule has 0 atom stereocenters. The van der Waals surface area contributed by atoms with Gasteiger partial charge in [-0.15, -0.1) is 11.3 Å². The zero-order valence-electron chi connectivity index (χ0n) is 11.4. The van der Waals surface area contributed by atoms with E-state index in [4.69, 9.17) is 0 Å². The molecule has 0 spiro atoms. The van der Waals surface area contributed by atoms with Crippen LogP contribution in [-0.4, -0.2) is 21.8 Å². The van der Waals surface area contributed by atoms with E-state index in [1.807, 2.05) is 4.90 Å². The Balaban J connectivity index is 2.52. The quantitative estimate of drug-likeness (QED) is 0.808. The molecule has 1 aliphatic heterocycles. The Hall–Kier alpha value is -0.900. The molecule has 0 radical (unpaired) electrons. The maximum absolute atomic E-state index is 12.4. The average Bonchev–Trinajstić information content (AvgIpc) is 2.66. The molecule has 0 unspecified atom stereocenters. The van der Waals surface area contributed by atoms with E-state index in [0.717, 1.165) is 15.6 Å². The Morgan fingerprint density at radius 3 is 2.24 bits per heavy atom. The van der Waals surface area contributed by atoms with Crippen molar-refractivity contribution in [3.63, 3.8) is 0 Å². The third-order valence-corrected chi connectivity index (χ3v) is 4.59. The molecule has 0 N–H and O–H groups in total. The summed E-state index contributed by atoms with van der Waals surface area (Å²) >= 11 is 1.56. The highest BCUT2D eigenvalue weighted by Crippen LogP contribution is 2.43. The van der Waals surface area contributed by atoms with Crippen LogP contribution in [0.15, 0.2) is 0 Å². The minimum atomic E-state index is -0.274. The summed E-state index contributed by atoms with van der Waals surface area (Å²) in [5, 5.41) is 1.07. The molecular formula is C13H20N2OS. The lowest BCUT2D eigenvalue weighted by atomic mass is 10.0. The second-order valence-electron chi connectivity index (χ2n) is 5.71. The lowest BCUT2D eigenvalue weighted by molar-refractivity contribution is 0.0520. The summed E-state index contributed by atoms with van der Waals surface area (Å²) in [6, 6.07) is 0.210. The van der Waals surface area contributed by atoms with E-state index in [2.05, 4.69) is 46.5 Å². The zero-order chi connectivity index (χ0) is 13.0. The second-order valence-corrected chi connectivity index (χ2v) is 6.74. The highest BCUT2D eigenvalue weighted by atomic mass is 32.1. The fourth-order valence-electron chi connectivity index (χ4n) is 2.50. The van der Waals surface area contributed by atoms with Gasteiger partial charge in [0.2, 0.25) is 0 Å². The third-order valence-electron chi connectivity index (χ3n) is 3.25. The van der Waals surface area contributed by atoms with Crippen molar-refractivity contribution in [2.75, 3.05) is 0 Å². The number of fused-ring (bicyclic) bond motifs is 1. The van der Waals surface area contributed by atoms with Crippen molar-refractivity contribution in [2.45, 2.75) is 59.0 Å². The number of rotatable bonds is 2. The minimum Gasteiger partial charge on any atom is -0.325 e. The largest absolute Gasteiger partial charge is 0.325 e. The summed E-state index contributed by atoms with van der Waals surface area (Å²) < 4.78 is 0. The fourth-order valence-corrected chi connectivity index (χ4v) is 3.66. The number of carbonyl (C=O) groups excluding carboxylic acids is 1. The number of amides is 1. The van der Waals surface area contributed by atoms with Crippen molar-refractivity contribution in [3.05, 3.63) is 15.6 Å². The van der Waals surface area contributed by atoms with E-state index < -0.39 is 0 Å².